The van der Waals surface area contributed by atoms with Crippen molar-refractivity contribution in [3.05, 3.63) is 37.5 Å². The largest absolute Gasteiger partial charge is 0.317 e. The summed E-state index contributed by atoms with van der Waals surface area (Å²) in [7, 11) is 0. The van der Waals surface area contributed by atoms with Crippen LogP contribution in [0.1, 0.15) is 46.7 Å². The van der Waals surface area contributed by atoms with E-state index in [9.17, 15) is 20.2 Å². The molecule has 0 aromatic carbocycles. The molecule has 0 unspecified atom stereocenters. The lowest BCUT2D eigenvalue weighted by Gasteiger charge is -2.09. The number of hydrogen-bond donors (Lipinski definition) is 1. The maximum absolute atomic E-state index is 12.3. The van der Waals surface area contributed by atoms with E-state index < -0.39 is 4.92 Å². The van der Waals surface area contributed by atoms with E-state index in [1.54, 1.807) is 13.8 Å². The number of hydrogen-bond acceptors (Lipinski definition) is 6. The fraction of sp³-hybridized carbons (Fsp3) is 0.471. The highest BCUT2D eigenvalue weighted by molar-refractivity contribution is 7.16. The molecule has 0 saturated carbocycles. The Balaban J connectivity index is 1.69. The second-order valence-corrected chi connectivity index (χ2v) is 7.43. The van der Waals surface area contributed by atoms with Crippen LogP contribution < -0.4 is 5.32 Å². The molecule has 2 aromatic heterocycles. The SMILES string of the molecule is Cc1nn(CCC(=O)Nc2sc3c(c2C#N)CCCC3)c(C)c1[N+](=O)[O-]. The molecule has 1 aliphatic rings. The first kappa shape index (κ1) is 18.1. The molecule has 0 radical (unpaired) electrons. The van der Waals surface area contributed by atoms with Crippen LogP contribution in [0.3, 0.4) is 0 Å². The molecule has 26 heavy (non-hydrogen) atoms. The summed E-state index contributed by atoms with van der Waals surface area (Å²) in [6.45, 7) is 3.45. The lowest BCUT2D eigenvalue weighted by Crippen LogP contribution is -2.15. The van der Waals surface area contributed by atoms with E-state index in [4.69, 9.17) is 0 Å². The van der Waals surface area contributed by atoms with Crippen molar-refractivity contribution in [1.82, 2.24) is 9.78 Å². The third-order valence-corrected chi connectivity index (χ3v) is 5.82. The number of amides is 1. The summed E-state index contributed by atoms with van der Waals surface area (Å²) in [6, 6.07) is 2.22. The van der Waals surface area contributed by atoms with Crippen molar-refractivity contribution >= 4 is 27.9 Å². The molecular formula is C17H19N5O3S. The van der Waals surface area contributed by atoms with E-state index in [0.717, 1.165) is 31.2 Å². The van der Waals surface area contributed by atoms with Gasteiger partial charge < -0.3 is 5.32 Å². The molecular weight excluding hydrogens is 354 g/mol. The van der Waals surface area contributed by atoms with Crippen LogP contribution in [-0.4, -0.2) is 20.6 Å². The predicted molar refractivity (Wildman–Crippen MR) is 97.3 cm³/mol. The maximum atomic E-state index is 12.3. The predicted octanol–water partition coefficient (Wildman–Crippen LogP) is 3.25. The minimum absolute atomic E-state index is 0.0110. The number of fused-ring (bicyclic) bond motifs is 1. The molecule has 1 N–H and O–H groups in total. The number of carbonyl (C=O) groups is 1. The first-order chi connectivity index (χ1) is 12.4. The fourth-order valence-corrected chi connectivity index (χ4v) is 4.59. The number of aryl methyl sites for hydroxylation is 3. The van der Waals surface area contributed by atoms with Crippen molar-refractivity contribution in [3.63, 3.8) is 0 Å². The average Bonchev–Trinajstić information content (AvgIpc) is 3.08. The summed E-state index contributed by atoms with van der Waals surface area (Å²) in [4.78, 5) is 24.1. The van der Waals surface area contributed by atoms with Gasteiger partial charge in [0.2, 0.25) is 5.91 Å². The Morgan fingerprint density at radius 1 is 1.42 bits per heavy atom. The molecule has 0 saturated heterocycles. The molecule has 0 spiro atoms. The number of anilines is 1. The van der Waals surface area contributed by atoms with Crippen molar-refractivity contribution in [2.45, 2.75) is 52.5 Å². The molecule has 136 valence electrons. The number of nitrogens with zero attached hydrogens (tertiary/aromatic N) is 4. The fourth-order valence-electron chi connectivity index (χ4n) is 3.34. The molecule has 1 amide bonds. The number of thiophene rings is 1. The standard InChI is InChI=1S/C17H19N5O3S/c1-10-16(22(24)25)11(2)21(20-10)8-7-15(23)19-17-13(9-18)12-5-3-4-6-14(12)26-17/h3-8H2,1-2H3,(H,19,23). The Labute approximate surface area is 154 Å². The first-order valence-corrected chi connectivity index (χ1v) is 9.27. The van der Waals surface area contributed by atoms with Crippen molar-refractivity contribution in [2.24, 2.45) is 0 Å². The molecule has 9 heteroatoms. The van der Waals surface area contributed by atoms with Gasteiger partial charge in [-0.2, -0.15) is 10.4 Å². The van der Waals surface area contributed by atoms with Gasteiger partial charge in [-0.1, -0.05) is 0 Å². The monoisotopic (exact) mass is 373 g/mol. The molecule has 2 heterocycles. The average molecular weight is 373 g/mol. The van der Waals surface area contributed by atoms with Gasteiger partial charge in [-0.25, -0.2) is 0 Å². The van der Waals surface area contributed by atoms with Crippen molar-refractivity contribution in [3.8, 4) is 6.07 Å². The number of aromatic nitrogens is 2. The Morgan fingerprint density at radius 2 is 2.15 bits per heavy atom. The lowest BCUT2D eigenvalue weighted by molar-refractivity contribution is -0.386. The number of carbonyl (C=O) groups excluding carboxylic acids is 1. The Bertz CT molecular complexity index is 922. The van der Waals surface area contributed by atoms with Crippen LogP contribution in [0.2, 0.25) is 0 Å². The van der Waals surface area contributed by atoms with Crippen LogP contribution >= 0.6 is 11.3 Å². The van der Waals surface area contributed by atoms with Gasteiger partial charge in [0, 0.05) is 11.3 Å². The highest BCUT2D eigenvalue weighted by Crippen LogP contribution is 2.37. The molecule has 0 fully saturated rings. The second kappa shape index (κ2) is 7.25. The van der Waals surface area contributed by atoms with Gasteiger partial charge in [-0.15, -0.1) is 11.3 Å². The van der Waals surface area contributed by atoms with Gasteiger partial charge >= 0.3 is 5.69 Å². The van der Waals surface area contributed by atoms with Gasteiger partial charge in [0.15, 0.2) is 0 Å². The zero-order valence-electron chi connectivity index (χ0n) is 14.7. The number of rotatable bonds is 5. The minimum Gasteiger partial charge on any atom is -0.317 e. The van der Waals surface area contributed by atoms with Crippen molar-refractivity contribution in [1.29, 1.82) is 5.26 Å². The maximum Gasteiger partial charge on any atom is 0.312 e. The topological polar surface area (TPSA) is 114 Å². The molecule has 0 bridgehead atoms. The summed E-state index contributed by atoms with van der Waals surface area (Å²) in [6.07, 6.45) is 4.16. The van der Waals surface area contributed by atoms with Crippen LogP contribution in [0.15, 0.2) is 0 Å². The second-order valence-electron chi connectivity index (χ2n) is 6.32. The molecule has 8 nitrogen and oxygen atoms in total. The van der Waals surface area contributed by atoms with Gasteiger partial charge in [0.05, 0.1) is 17.0 Å². The number of nitro groups is 1. The quantitative estimate of drug-likeness (QED) is 0.638. The van der Waals surface area contributed by atoms with Gasteiger partial charge in [-0.05, 0) is 45.1 Å². The first-order valence-electron chi connectivity index (χ1n) is 8.45. The summed E-state index contributed by atoms with van der Waals surface area (Å²) < 4.78 is 1.48. The lowest BCUT2D eigenvalue weighted by atomic mass is 9.96. The van der Waals surface area contributed by atoms with E-state index in [1.807, 2.05) is 0 Å². The van der Waals surface area contributed by atoms with Crippen LogP contribution in [0, 0.1) is 35.3 Å². The third-order valence-electron chi connectivity index (χ3n) is 4.61. The third kappa shape index (κ3) is 3.32. The van der Waals surface area contributed by atoms with E-state index >= 15 is 0 Å². The highest BCUT2D eigenvalue weighted by atomic mass is 32.1. The van der Waals surface area contributed by atoms with Gasteiger partial charge in [0.1, 0.15) is 22.5 Å². The number of nitrogens with one attached hydrogen (secondary N) is 1. The van der Waals surface area contributed by atoms with Crippen LogP contribution in [0.4, 0.5) is 10.7 Å². The molecule has 0 aliphatic heterocycles. The van der Waals surface area contributed by atoms with Crippen molar-refractivity contribution < 1.29 is 9.72 Å². The van der Waals surface area contributed by atoms with Crippen molar-refractivity contribution in [2.75, 3.05) is 5.32 Å². The van der Waals surface area contributed by atoms with Gasteiger partial charge in [-0.3, -0.25) is 19.6 Å². The zero-order valence-corrected chi connectivity index (χ0v) is 15.5. The summed E-state index contributed by atoms with van der Waals surface area (Å²) in [5.74, 6) is -0.227. The molecule has 0 atom stereocenters. The summed E-state index contributed by atoms with van der Waals surface area (Å²) >= 11 is 1.48. The van der Waals surface area contributed by atoms with Crippen LogP contribution in [0.25, 0.3) is 0 Å². The molecule has 2 aromatic rings. The minimum atomic E-state index is -0.455. The summed E-state index contributed by atoms with van der Waals surface area (Å²) in [5, 5.41) is 28.1. The normalized spacial score (nSPS) is 13.1. The molecule has 1 aliphatic carbocycles. The Hall–Kier alpha value is -2.73. The highest BCUT2D eigenvalue weighted by Gasteiger charge is 2.23. The molecule has 3 rings (SSSR count). The Kier molecular flexibility index (Phi) is 5.04. The van der Waals surface area contributed by atoms with E-state index in [-0.39, 0.29) is 24.6 Å². The van der Waals surface area contributed by atoms with Gasteiger partial charge in [0.25, 0.3) is 0 Å². The van der Waals surface area contributed by atoms with Crippen LogP contribution in [0.5, 0.6) is 0 Å². The smallest absolute Gasteiger partial charge is 0.312 e. The summed E-state index contributed by atoms with van der Waals surface area (Å²) in [5.41, 5.74) is 2.42. The van der Waals surface area contributed by atoms with E-state index in [1.165, 1.54) is 20.9 Å². The van der Waals surface area contributed by atoms with Crippen LogP contribution in [-0.2, 0) is 24.2 Å². The van der Waals surface area contributed by atoms with E-state index in [2.05, 4.69) is 16.5 Å². The number of nitriles is 1. The van der Waals surface area contributed by atoms with E-state index in [0.29, 0.717) is 22.0 Å². The Morgan fingerprint density at radius 3 is 2.81 bits per heavy atom. The zero-order chi connectivity index (χ0) is 18.8.